The smallest absolute Gasteiger partial charge is 0.128 e. The lowest BCUT2D eigenvalue weighted by molar-refractivity contribution is 0.0513. The molecular weight excluding hydrogens is 214 g/mol. The van der Waals surface area contributed by atoms with Gasteiger partial charge in [-0.3, -0.25) is 0 Å². The van der Waals surface area contributed by atoms with Gasteiger partial charge in [0.05, 0.1) is 12.1 Å². The summed E-state index contributed by atoms with van der Waals surface area (Å²) in [5.74, 6) is 1.25. The molecule has 94 valence electrons. The molecule has 17 heavy (non-hydrogen) atoms. The van der Waals surface area contributed by atoms with E-state index < -0.39 is 0 Å². The molecule has 0 bridgehead atoms. The standard InChI is InChI=1S/C13H21N3O/c1-3-15-11(12(17-2)9-6-7-9)10-5-4-8-16-13(10)14/h4-5,8-9,11-12,15H,3,6-7H2,1-2H3,(H2,14,16). The summed E-state index contributed by atoms with van der Waals surface area (Å²) in [5, 5.41) is 3.47. The molecule has 2 atom stereocenters. The number of nitrogens with one attached hydrogen (secondary N) is 1. The molecule has 0 saturated heterocycles. The van der Waals surface area contributed by atoms with Crippen molar-refractivity contribution >= 4 is 5.82 Å². The van der Waals surface area contributed by atoms with Crippen LogP contribution in [0.25, 0.3) is 0 Å². The minimum Gasteiger partial charge on any atom is -0.383 e. The molecule has 1 fully saturated rings. The molecule has 1 heterocycles. The molecule has 0 aliphatic heterocycles. The lowest BCUT2D eigenvalue weighted by Crippen LogP contribution is -2.35. The molecule has 1 aromatic heterocycles. The van der Waals surface area contributed by atoms with E-state index in [2.05, 4.69) is 17.2 Å². The average molecular weight is 235 g/mol. The van der Waals surface area contributed by atoms with Gasteiger partial charge < -0.3 is 15.8 Å². The van der Waals surface area contributed by atoms with Gasteiger partial charge in [-0.1, -0.05) is 13.0 Å². The zero-order valence-corrected chi connectivity index (χ0v) is 10.5. The van der Waals surface area contributed by atoms with Crippen LogP contribution < -0.4 is 11.1 Å². The quantitative estimate of drug-likeness (QED) is 0.788. The monoisotopic (exact) mass is 235 g/mol. The Hall–Kier alpha value is -1.13. The highest BCUT2D eigenvalue weighted by Gasteiger charge is 2.37. The Bertz CT molecular complexity index is 365. The van der Waals surface area contributed by atoms with Gasteiger partial charge in [-0.05, 0) is 31.4 Å². The predicted molar refractivity (Wildman–Crippen MR) is 68.6 cm³/mol. The number of rotatable bonds is 6. The van der Waals surface area contributed by atoms with Gasteiger partial charge in [-0.25, -0.2) is 4.98 Å². The Balaban J connectivity index is 2.24. The molecule has 0 radical (unpaired) electrons. The highest BCUT2D eigenvalue weighted by molar-refractivity contribution is 5.41. The molecule has 0 amide bonds. The summed E-state index contributed by atoms with van der Waals surface area (Å²) in [7, 11) is 1.78. The number of nitrogens with zero attached hydrogens (tertiary/aromatic N) is 1. The van der Waals surface area contributed by atoms with E-state index in [1.54, 1.807) is 13.3 Å². The topological polar surface area (TPSA) is 60.2 Å². The zero-order chi connectivity index (χ0) is 12.3. The Morgan fingerprint density at radius 1 is 1.59 bits per heavy atom. The molecule has 1 aliphatic rings. The summed E-state index contributed by atoms with van der Waals surface area (Å²) in [6.45, 7) is 2.99. The van der Waals surface area contributed by atoms with Gasteiger partial charge in [-0.15, -0.1) is 0 Å². The molecule has 2 unspecified atom stereocenters. The minimum absolute atomic E-state index is 0.145. The summed E-state index contributed by atoms with van der Waals surface area (Å²) in [6.07, 6.45) is 4.42. The summed E-state index contributed by atoms with van der Waals surface area (Å²) >= 11 is 0. The molecule has 3 N–H and O–H groups in total. The molecule has 1 aromatic rings. The van der Waals surface area contributed by atoms with E-state index in [-0.39, 0.29) is 12.1 Å². The van der Waals surface area contributed by atoms with Gasteiger partial charge in [0.1, 0.15) is 5.82 Å². The van der Waals surface area contributed by atoms with Crippen LogP contribution in [0.5, 0.6) is 0 Å². The van der Waals surface area contributed by atoms with Crippen molar-refractivity contribution in [3.8, 4) is 0 Å². The van der Waals surface area contributed by atoms with Gasteiger partial charge in [0.25, 0.3) is 0 Å². The second-order valence-electron chi connectivity index (χ2n) is 4.55. The third kappa shape index (κ3) is 2.76. The van der Waals surface area contributed by atoms with Crippen LogP contribution in [-0.2, 0) is 4.74 Å². The molecule has 2 rings (SSSR count). The average Bonchev–Trinajstić information content (AvgIpc) is 3.14. The van der Waals surface area contributed by atoms with Gasteiger partial charge in [-0.2, -0.15) is 0 Å². The van der Waals surface area contributed by atoms with Crippen molar-refractivity contribution in [2.75, 3.05) is 19.4 Å². The van der Waals surface area contributed by atoms with Crippen molar-refractivity contribution in [2.45, 2.75) is 31.9 Å². The number of nitrogen functional groups attached to an aromatic ring is 1. The molecule has 1 aliphatic carbocycles. The molecule has 4 heteroatoms. The summed E-state index contributed by atoms with van der Waals surface area (Å²) in [5.41, 5.74) is 7.01. The number of nitrogens with two attached hydrogens (primary N) is 1. The number of hydrogen-bond acceptors (Lipinski definition) is 4. The third-order valence-corrected chi connectivity index (χ3v) is 3.32. The van der Waals surface area contributed by atoms with E-state index in [4.69, 9.17) is 10.5 Å². The molecule has 0 aromatic carbocycles. The van der Waals surface area contributed by atoms with Crippen LogP contribution in [0.4, 0.5) is 5.82 Å². The second-order valence-corrected chi connectivity index (χ2v) is 4.55. The number of ether oxygens (including phenoxy) is 1. The van der Waals surface area contributed by atoms with Gasteiger partial charge in [0, 0.05) is 18.9 Å². The molecule has 0 spiro atoms. The Morgan fingerprint density at radius 3 is 2.88 bits per heavy atom. The van der Waals surface area contributed by atoms with Gasteiger partial charge in [0.2, 0.25) is 0 Å². The van der Waals surface area contributed by atoms with E-state index in [0.29, 0.717) is 11.7 Å². The lowest BCUT2D eigenvalue weighted by atomic mass is 9.98. The maximum atomic E-state index is 5.96. The van der Waals surface area contributed by atoms with Crippen LogP contribution >= 0.6 is 0 Å². The summed E-state index contributed by atoms with van der Waals surface area (Å²) in [4.78, 5) is 4.16. The number of hydrogen-bond donors (Lipinski definition) is 2. The van der Waals surface area contributed by atoms with Crippen LogP contribution in [0.3, 0.4) is 0 Å². The van der Waals surface area contributed by atoms with Crippen molar-refractivity contribution in [1.82, 2.24) is 10.3 Å². The summed E-state index contributed by atoms with van der Waals surface area (Å²) in [6, 6.07) is 4.10. The Kier molecular flexibility index (Phi) is 3.97. The summed E-state index contributed by atoms with van der Waals surface area (Å²) < 4.78 is 5.65. The fourth-order valence-electron chi connectivity index (χ4n) is 2.34. The van der Waals surface area contributed by atoms with Crippen molar-refractivity contribution in [3.63, 3.8) is 0 Å². The highest BCUT2D eigenvalue weighted by Crippen LogP contribution is 2.40. The normalized spacial score (nSPS) is 18.9. The second kappa shape index (κ2) is 5.47. The van der Waals surface area contributed by atoms with Gasteiger partial charge >= 0.3 is 0 Å². The largest absolute Gasteiger partial charge is 0.383 e. The number of pyridine rings is 1. The Morgan fingerprint density at radius 2 is 2.35 bits per heavy atom. The first-order valence-electron chi connectivity index (χ1n) is 6.24. The molecule has 4 nitrogen and oxygen atoms in total. The number of methoxy groups -OCH3 is 1. The van der Waals surface area contributed by atoms with E-state index in [9.17, 15) is 0 Å². The predicted octanol–water partition coefficient (Wildman–Crippen LogP) is 1.74. The van der Waals surface area contributed by atoms with E-state index in [1.165, 1.54) is 12.8 Å². The highest BCUT2D eigenvalue weighted by atomic mass is 16.5. The van der Waals surface area contributed by atoms with Crippen LogP contribution in [0.2, 0.25) is 0 Å². The number of aromatic nitrogens is 1. The molecular formula is C13H21N3O. The van der Waals surface area contributed by atoms with Crippen molar-refractivity contribution in [2.24, 2.45) is 5.92 Å². The Labute approximate surface area is 103 Å². The van der Waals surface area contributed by atoms with Crippen LogP contribution in [0, 0.1) is 5.92 Å². The first-order valence-corrected chi connectivity index (χ1v) is 6.24. The maximum absolute atomic E-state index is 5.96. The zero-order valence-electron chi connectivity index (χ0n) is 10.5. The van der Waals surface area contributed by atoms with Gasteiger partial charge in [0.15, 0.2) is 0 Å². The minimum atomic E-state index is 0.145. The van der Waals surface area contributed by atoms with Crippen LogP contribution in [-0.4, -0.2) is 24.7 Å². The van der Waals surface area contributed by atoms with Crippen molar-refractivity contribution in [3.05, 3.63) is 23.9 Å². The third-order valence-electron chi connectivity index (χ3n) is 3.32. The fraction of sp³-hybridized carbons (Fsp3) is 0.615. The van der Waals surface area contributed by atoms with Crippen molar-refractivity contribution < 1.29 is 4.74 Å². The SMILES string of the molecule is CCNC(c1cccnc1N)C(OC)C1CC1. The number of likely N-dealkylation sites (N-methyl/N-ethyl adjacent to an activating group) is 1. The maximum Gasteiger partial charge on any atom is 0.128 e. The number of anilines is 1. The van der Waals surface area contributed by atoms with E-state index in [1.807, 2.05) is 12.1 Å². The lowest BCUT2D eigenvalue weighted by Gasteiger charge is -2.27. The van der Waals surface area contributed by atoms with Crippen molar-refractivity contribution in [1.29, 1.82) is 0 Å². The van der Waals surface area contributed by atoms with E-state index in [0.717, 1.165) is 12.1 Å². The van der Waals surface area contributed by atoms with Crippen LogP contribution in [0.1, 0.15) is 31.4 Å². The molecule has 1 saturated carbocycles. The first-order chi connectivity index (χ1) is 8.27. The fourth-order valence-corrected chi connectivity index (χ4v) is 2.34. The van der Waals surface area contributed by atoms with E-state index >= 15 is 0 Å². The first kappa shape index (κ1) is 12.3. The van der Waals surface area contributed by atoms with Crippen LogP contribution in [0.15, 0.2) is 18.3 Å².